The number of nitrogens with zero attached hydrogens (tertiary/aromatic N) is 1. The number of nitrogens with one attached hydrogen (secondary N) is 2. The maximum absolute atomic E-state index is 10.6. The van der Waals surface area contributed by atoms with E-state index in [0.717, 1.165) is 17.4 Å². The van der Waals surface area contributed by atoms with Crippen LogP contribution in [0.1, 0.15) is 19.4 Å². The number of nitro groups is 1. The summed E-state index contributed by atoms with van der Waals surface area (Å²) in [4.78, 5) is 14.6. The number of aromatic nitrogens is 1. The van der Waals surface area contributed by atoms with Crippen molar-refractivity contribution >= 4 is 16.6 Å². The minimum Gasteiger partial charge on any atom is -0.360 e. The number of quaternary nitrogens is 1. The van der Waals surface area contributed by atoms with Crippen LogP contribution >= 0.6 is 0 Å². The van der Waals surface area contributed by atoms with Crippen LogP contribution in [0.5, 0.6) is 0 Å². The van der Waals surface area contributed by atoms with Gasteiger partial charge in [0, 0.05) is 29.3 Å². The van der Waals surface area contributed by atoms with E-state index in [1.165, 1.54) is 10.5 Å². The van der Waals surface area contributed by atoms with Crippen molar-refractivity contribution in [2.75, 3.05) is 14.1 Å². The van der Waals surface area contributed by atoms with Gasteiger partial charge in [-0.3, -0.25) is 10.1 Å². The smallest absolute Gasteiger partial charge is 0.271 e. The number of benzene rings is 1. The predicted molar refractivity (Wildman–Crippen MR) is 72.8 cm³/mol. The second-order valence-electron chi connectivity index (χ2n) is 4.18. The maximum atomic E-state index is 10.6. The first kappa shape index (κ1) is 14.2. The summed E-state index contributed by atoms with van der Waals surface area (Å²) >= 11 is 0. The van der Waals surface area contributed by atoms with Crippen molar-refractivity contribution in [1.82, 2.24) is 4.98 Å². The number of rotatable bonds is 3. The van der Waals surface area contributed by atoms with E-state index < -0.39 is 0 Å². The summed E-state index contributed by atoms with van der Waals surface area (Å²) in [6.07, 6.45) is 1.92. The number of non-ortho nitro benzene ring substituents is 1. The molecule has 5 nitrogen and oxygen atoms in total. The normalized spacial score (nSPS) is 10.3. The average Bonchev–Trinajstić information content (AvgIpc) is 2.73. The minimum atomic E-state index is -0.378. The number of H-pyrrole nitrogens is 1. The largest absolute Gasteiger partial charge is 0.360 e. The van der Waals surface area contributed by atoms with Crippen molar-refractivity contribution in [2.24, 2.45) is 0 Å². The number of hydrogen-bond acceptors (Lipinski definition) is 2. The van der Waals surface area contributed by atoms with Crippen LogP contribution in [-0.2, 0) is 6.54 Å². The van der Waals surface area contributed by atoms with Crippen LogP contribution in [0.25, 0.3) is 10.9 Å². The molecule has 0 aliphatic carbocycles. The van der Waals surface area contributed by atoms with Gasteiger partial charge < -0.3 is 9.88 Å². The van der Waals surface area contributed by atoms with Crippen molar-refractivity contribution in [2.45, 2.75) is 20.4 Å². The monoisotopic (exact) mass is 250 g/mol. The third-order valence-corrected chi connectivity index (χ3v) is 2.51. The molecule has 0 spiro atoms. The Balaban J connectivity index is 0.000000771. The first-order valence-electron chi connectivity index (χ1n) is 6.11. The van der Waals surface area contributed by atoms with Crippen LogP contribution in [0.2, 0.25) is 0 Å². The first-order valence-corrected chi connectivity index (χ1v) is 6.11. The van der Waals surface area contributed by atoms with Crippen molar-refractivity contribution < 1.29 is 9.82 Å². The Morgan fingerprint density at radius 1 is 1.33 bits per heavy atom. The van der Waals surface area contributed by atoms with E-state index >= 15 is 0 Å². The van der Waals surface area contributed by atoms with Crippen LogP contribution in [0.15, 0.2) is 24.4 Å². The molecule has 1 aromatic carbocycles. The molecule has 2 aromatic rings. The van der Waals surface area contributed by atoms with E-state index in [4.69, 9.17) is 0 Å². The number of hydrogen-bond donors (Lipinski definition) is 2. The molecule has 98 valence electrons. The van der Waals surface area contributed by atoms with E-state index in [1.54, 1.807) is 12.1 Å². The standard InChI is InChI=1S/C11H13N3O2.C2H6/c1-13(2)7-8-6-12-11-5-9(14(15)16)3-4-10(8)11;1-2/h3-6,12H,7H2,1-2H3;1-2H3/p+1. The molecule has 2 N–H and O–H groups in total. The lowest BCUT2D eigenvalue weighted by molar-refractivity contribution is -0.872. The molecular formula is C13H20N3O2+. The second-order valence-corrected chi connectivity index (χ2v) is 4.18. The second kappa shape index (κ2) is 6.16. The minimum absolute atomic E-state index is 0.123. The zero-order chi connectivity index (χ0) is 13.7. The molecule has 0 aliphatic heterocycles. The summed E-state index contributed by atoms with van der Waals surface area (Å²) in [7, 11) is 4.15. The lowest BCUT2D eigenvalue weighted by Gasteiger charge is -2.05. The lowest BCUT2D eigenvalue weighted by atomic mass is 10.1. The van der Waals surface area contributed by atoms with Gasteiger partial charge in [-0.25, -0.2) is 0 Å². The molecule has 0 amide bonds. The third kappa shape index (κ3) is 3.07. The molecule has 0 saturated carbocycles. The molecular weight excluding hydrogens is 230 g/mol. The van der Waals surface area contributed by atoms with Crippen LogP contribution < -0.4 is 4.90 Å². The molecule has 1 heterocycles. The van der Waals surface area contributed by atoms with Gasteiger partial charge >= 0.3 is 0 Å². The zero-order valence-corrected chi connectivity index (χ0v) is 11.3. The van der Waals surface area contributed by atoms with Gasteiger partial charge in [0.1, 0.15) is 6.54 Å². The van der Waals surface area contributed by atoms with E-state index in [2.05, 4.69) is 19.1 Å². The third-order valence-electron chi connectivity index (χ3n) is 2.51. The van der Waals surface area contributed by atoms with Gasteiger partial charge in [0.2, 0.25) is 0 Å². The Morgan fingerprint density at radius 2 is 2.00 bits per heavy atom. The Hall–Kier alpha value is -1.88. The Morgan fingerprint density at radius 3 is 2.56 bits per heavy atom. The van der Waals surface area contributed by atoms with Crippen molar-refractivity contribution in [3.63, 3.8) is 0 Å². The van der Waals surface area contributed by atoms with Crippen molar-refractivity contribution in [3.05, 3.63) is 40.1 Å². The zero-order valence-electron chi connectivity index (χ0n) is 11.3. The number of fused-ring (bicyclic) bond motifs is 1. The Labute approximate surface area is 107 Å². The lowest BCUT2D eigenvalue weighted by Crippen LogP contribution is -3.04. The topological polar surface area (TPSA) is 63.4 Å². The first-order chi connectivity index (χ1) is 8.58. The van der Waals surface area contributed by atoms with Crippen LogP contribution in [0, 0.1) is 10.1 Å². The summed E-state index contributed by atoms with van der Waals surface area (Å²) in [5.41, 5.74) is 2.13. The molecule has 0 fully saturated rings. The highest BCUT2D eigenvalue weighted by Crippen LogP contribution is 2.22. The highest BCUT2D eigenvalue weighted by atomic mass is 16.6. The summed E-state index contributed by atoms with van der Waals surface area (Å²) < 4.78 is 0. The number of nitro benzene ring substituents is 1. The fourth-order valence-electron chi connectivity index (χ4n) is 1.82. The Bertz CT molecular complexity index is 532. The van der Waals surface area contributed by atoms with Gasteiger partial charge in [-0.15, -0.1) is 0 Å². The van der Waals surface area contributed by atoms with Crippen molar-refractivity contribution in [3.8, 4) is 0 Å². The van der Waals surface area contributed by atoms with Gasteiger partial charge in [-0.1, -0.05) is 13.8 Å². The average molecular weight is 250 g/mol. The molecule has 5 heteroatoms. The SMILES string of the molecule is CC.C[NH+](C)Cc1c[nH]c2cc([N+](=O)[O-])ccc12. The molecule has 18 heavy (non-hydrogen) atoms. The van der Waals surface area contributed by atoms with E-state index in [9.17, 15) is 10.1 Å². The van der Waals surface area contributed by atoms with Gasteiger partial charge in [-0.05, 0) is 6.07 Å². The number of aromatic amines is 1. The van der Waals surface area contributed by atoms with Crippen molar-refractivity contribution in [1.29, 1.82) is 0 Å². The van der Waals surface area contributed by atoms with Crippen LogP contribution in [-0.4, -0.2) is 24.0 Å². The summed E-state index contributed by atoms with van der Waals surface area (Å²) in [6.45, 7) is 4.90. The van der Waals surface area contributed by atoms with Crippen LogP contribution in [0.4, 0.5) is 5.69 Å². The fraction of sp³-hybridized carbons (Fsp3) is 0.385. The predicted octanol–water partition coefficient (Wildman–Crippen LogP) is 1.75. The molecule has 0 atom stereocenters. The van der Waals surface area contributed by atoms with E-state index in [1.807, 2.05) is 26.1 Å². The van der Waals surface area contributed by atoms with Gasteiger partial charge in [-0.2, -0.15) is 0 Å². The van der Waals surface area contributed by atoms with Gasteiger partial charge in [0.25, 0.3) is 5.69 Å². The molecule has 0 bridgehead atoms. The van der Waals surface area contributed by atoms with Gasteiger partial charge in [0.15, 0.2) is 0 Å². The van der Waals surface area contributed by atoms with Gasteiger partial charge in [0.05, 0.1) is 24.5 Å². The molecule has 1 aromatic heterocycles. The quantitative estimate of drug-likeness (QED) is 0.644. The highest BCUT2D eigenvalue weighted by molar-refractivity contribution is 5.85. The molecule has 0 aliphatic rings. The van der Waals surface area contributed by atoms with Crippen LogP contribution in [0.3, 0.4) is 0 Å². The summed E-state index contributed by atoms with van der Waals surface area (Å²) in [5.74, 6) is 0. The summed E-state index contributed by atoms with van der Waals surface area (Å²) in [6, 6.07) is 4.93. The molecule has 2 rings (SSSR count). The highest BCUT2D eigenvalue weighted by Gasteiger charge is 2.11. The Kier molecular flexibility index (Phi) is 4.85. The summed E-state index contributed by atoms with van der Waals surface area (Å²) in [5, 5.41) is 11.7. The maximum Gasteiger partial charge on any atom is 0.271 e. The molecule has 0 radical (unpaired) electrons. The fourth-order valence-corrected chi connectivity index (χ4v) is 1.82. The molecule has 0 saturated heterocycles. The molecule has 0 unspecified atom stereocenters. The van der Waals surface area contributed by atoms with E-state index in [-0.39, 0.29) is 10.6 Å². The van der Waals surface area contributed by atoms with E-state index in [0.29, 0.717) is 0 Å².